The normalized spacial score (nSPS) is 19.5. The highest BCUT2D eigenvalue weighted by Gasteiger charge is 2.17. The van der Waals surface area contributed by atoms with E-state index in [1.54, 1.807) is 11.3 Å². The van der Waals surface area contributed by atoms with E-state index in [0.717, 1.165) is 23.0 Å². The van der Waals surface area contributed by atoms with E-state index < -0.39 is 0 Å². The van der Waals surface area contributed by atoms with E-state index in [-0.39, 0.29) is 0 Å². The molecule has 0 aliphatic carbocycles. The van der Waals surface area contributed by atoms with Crippen LogP contribution < -0.4 is 0 Å². The van der Waals surface area contributed by atoms with Gasteiger partial charge in [0.1, 0.15) is 10.0 Å². The fraction of sp³-hybridized carbons (Fsp3) is 0.467. The number of ether oxygens (including phenoxy) is 1. The Morgan fingerprint density at radius 3 is 2.89 bits per heavy atom. The van der Waals surface area contributed by atoms with Gasteiger partial charge in [-0.1, -0.05) is 35.6 Å². The van der Waals surface area contributed by atoms with Crippen molar-refractivity contribution in [3.05, 3.63) is 34.8 Å². The highest BCUT2D eigenvalue weighted by molar-refractivity contribution is 7.14. The third-order valence-corrected chi connectivity index (χ3v) is 4.37. The topological polar surface area (TPSA) is 35.0 Å². The molecule has 0 saturated carbocycles. The van der Waals surface area contributed by atoms with Gasteiger partial charge in [-0.3, -0.25) is 0 Å². The third-order valence-electron chi connectivity index (χ3n) is 3.50. The van der Waals surface area contributed by atoms with Crippen molar-refractivity contribution in [2.24, 2.45) is 0 Å². The first kappa shape index (κ1) is 12.8. The zero-order chi connectivity index (χ0) is 13.1. The summed E-state index contributed by atoms with van der Waals surface area (Å²) in [5.41, 5.74) is 2.54. The molecule has 1 atom stereocenters. The van der Waals surface area contributed by atoms with Crippen LogP contribution in [0.15, 0.2) is 24.3 Å². The molecule has 3 rings (SSSR count). The van der Waals surface area contributed by atoms with Gasteiger partial charge in [0.2, 0.25) is 0 Å². The van der Waals surface area contributed by atoms with Gasteiger partial charge in [0, 0.05) is 12.2 Å². The van der Waals surface area contributed by atoms with Crippen molar-refractivity contribution in [2.75, 3.05) is 6.61 Å². The van der Waals surface area contributed by atoms with Crippen LogP contribution in [0.2, 0.25) is 0 Å². The monoisotopic (exact) mass is 274 g/mol. The van der Waals surface area contributed by atoms with Crippen LogP contribution in [-0.4, -0.2) is 22.9 Å². The fourth-order valence-electron chi connectivity index (χ4n) is 2.53. The Hall–Kier alpha value is -1.26. The minimum Gasteiger partial charge on any atom is -0.378 e. The zero-order valence-corrected chi connectivity index (χ0v) is 11.9. The van der Waals surface area contributed by atoms with Crippen molar-refractivity contribution in [1.29, 1.82) is 0 Å². The number of benzene rings is 1. The number of aryl methyl sites for hydroxylation is 1. The summed E-state index contributed by atoms with van der Waals surface area (Å²) in [4.78, 5) is 0. The van der Waals surface area contributed by atoms with Crippen molar-refractivity contribution in [3.63, 3.8) is 0 Å². The van der Waals surface area contributed by atoms with E-state index in [1.165, 1.54) is 30.4 Å². The maximum atomic E-state index is 5.85. The van der Waals surface area contributed by atoms with Gasteiger partial charge in [-0.05, 0) is 38.2 Å². The molecule has 0 spiro atoms. The van der Waals surface area contributed by atoms with E-state index in [2.05, 4.69) is 34.5 Å². The predicted molar refractivity (Wildman–Crippen MR) is 77.4 cm³/mol. The van der Waals surface area contributed by atoms with Crippen LogP contribution in [0.5, 0.6) is 0 Å². The molecule has 100 valence electrons. The summed E-state index contributed by atoms with van der Waals surface area (Å²) in [5, 5.41) is 10.4. The van der Waals surface area contributed by atoms with Crippen LogP contribution in [0.3, 0.4) is 0 Å². The van der Waals surface area contributed by atoms with Crippen molar-refractivity contribution >= 4 is 11.3 Å². The van der Waals surface area contributed by atoms with Crippen molar-refractivity contribution in [2.45, 2.75) is 38.7 Å². The standard InChI is InChI=1S/C15H18N2OS/c1-11-16-17-15(19-11)14-8-3-2-6-12(14)10-13-7-4-5-9-18-13/h2-3,6,8,13H,4-5,7,9-10H2,1H3. The lowest BCUT2D eigenvalue weighted by Gasteiger charge is -2.23. The molecule has 1 aliphatic rings. The van der Waals surface area contributed by atoms with Gasteiger partial charge in [0.15, 0.2) is 0 Å². The van der Waals surface area contributed by atoms with Gasteiger partial charge < -0.3 is 4.74 Å². The molecule has 1 fully saturated rings. The lowest BCUT2D eigenvalue weighted by atomic mass is 9.98. The van der Waals surface area contributed by atoms with Gasteiger partial charge in [-0.15, -0.1) is 10.2 Å². The molecule has 3 nitrogen and oxygen atoms in total. The molecule has 1 aromatic carbocycles. The Balaban J connectivity index is 1.84. The summed E-state index contributed by atoms with van der Waals surface area (Å²) in [6.45, 7) is 2.90. The van der Waals surface area contributed by atoms with E-state index in [4.69, 9.17) is 4.74 Å². The lowest BCUT2D eigenvalue weighted by Crippen LogP contribution is -2.21. The quantitative estimate of drug-likeness (QED) is 0.857. The minimum absolute atomic E-state index is 0.365. The van der Waals surface area contributed by atoms with Crippen LogP contribution in [0.4, 0.5) is 0 Å². The van der Waals surface area contributed by atoms with Crippen LogP contribution in [0.25, 0.3) is 10.6 Å². The summed E-state index contributed by atoms with van der Waals surface area (Å²) in [5.74, 6) is 0. The predicted octanol–water partition coefficient (Wildman–Crippen LogP) is 3.63. The van der Waals surface area contributed by atoms with Crippen LogP contribution >= 0.6 is 11.3 Å². The molecule has 0 N–H and O–H groups in total. The van der Waals surface area contributed by atoms with Crippen molar-refractivity contribution in [3.8, 4) is 10.6 Å². The van der Waals surface area contributed by atoms with Gasteiger partial charge in [-0.2, -0.15) is 0 Å². The highest BCUT2D eigenvalue weighted by atomic mass is 32.1. The third kappa shape index (κ3) is 3.01. The van der Waals surface area contributed by atoms with Gasteiger partial charge in [0.25, 0.3) is 0 Å². The minimum atomic E-state index is 0.365. The maximum absolute atomic E-state index is 5.85. The molecular weight excluding hydrogens is 256 g/mol. The first-order valence-electron chi connectivity index (χ1n) is 6.83. The molecule has 0 bridgehead atoms. The Kier molecular flexibility index (Phi) is 3.89. The molecule has 1 saturated heterocycles. The maximum Gasteiger partial charge on any atom is 0.148 e. The molecular formula is C15H18N2OS. The van der Waals surface area contributed by atoms with Crippen LogP contribution in [0, 0.1) is 6.92 Å². The Morgan fingerprint density at radius 1 is 1.26 bits per heavy atom. The second-order valence-electron chi connectivity index (χ2n) is 4.98. The largest absolute Gasteiger partial charge is 0.378 e. The molecule has 2 heterocycles. The lowest BCUT2D eigenvalue weighted by molar-refractivity contribution is 0.0168. The number of rotatable bonds is 3. The summed E-state index contributed by atoms with van der Waals surface area (Å²) in [6.07, 6.45) is 5.00. The molecule has 1 unspecified atom stereocenters. The Labute approximate surface area is 117 Å². The molecule has 2 aromatic rings. The van der Waals surface area contributed by atoms with E-state index >= 15 is 0 Å². The summed E-state index contributed by atoms with van der Waals surface area (Å²) in [7, 11) is 0. The summed E-state index contributed by atoms with van der Waals surface area (Å²) in [6, 6.07) is 8.48. The second-order valence-corrected chi connectivity index (χ2v) is 6.16. The molecule has 0 radical (unpaired) electrons. The smallest absolute Gasteiger partial charge is 0.148 e. The SMILES string of the molecule is Cc1nnc(-c2ccccc2CC2CCCCO2)s1. The highest BCUT2D eigenvalue weighted by Crippen LogP contribution is 2.29. The van der Waals surface area contributed by atoms with Gasteiger partial charge >= 0.3 is 0 Å². The number of hydrogen-bond acceptors (Lipinski definition) is 4. The average Bonchev–Trinajstić information content (AvgIpc) is 2.87. The Bertz CT molecular complexity index is 547. The zero-order valence-electron chi connectivity index (χ0n) is 11.1. The van der Waals surface area contributed by atoms with Gasteiger partial charge in [-0.25, -0.2) is 0 Å². The van der Waals surface area contributed by atoms with Crippen molar-refractivity contribution in [1.82, 2.24) is 10.2 Å². The second kappa shape index (κ2) is 5.80. The number of nitrogens with zero attached hydrogens (tertiary/aromatic N) is 2. The summed E-state index contributed by atoms with van der Waals surface area (Å²) < 4.78 is 5.85. The molecule has 19 heavy (non-hydrogen) atoms. The molecule has 4 heteroatoms. The molecule has 1 aliphatic heterocycles. The number of aromatic nitrogens is 2. The fourth-order valence-corrected chi connectivity index (χ4v) is 3.28. The van der Waals surface area contributed by atoms with E-state index in [9.17, 15) is 0 Å². The van der Waals surface area contributed by atoms with Crippen LogP contribution in [0.1, 0.15) is 29.8 Å². The average molecular weight is 274 g/mol. The van der Waals surface area contributed by atoms with Crippen molar-refractivity contribution < 1.29 is 4.74 Å². The molecule has 1 aromatic heterocycles. The molecule has 0 amide bonds. The number of hydrogen-bond donors (Lipinski definition) is 0. The van der Waals surface area contributed by atoms with E-state index in [0.29, 0.717) is 6.10 Å². The Morgan fingerprint density at radius 2 is 2.16 bits per heavy atom. The van der Waals surface area contributed by atoms with E-state index in [1.807, 2.05) is 6.92 Å². The first-order chi connectivity index (χ1) is 9.33. The van der Waals surface area contributed by atoms with Gasteiger partial charge in [0.05, 0.1) is 6.10 Å². The van der Waals surface area contributed by atoms with Crippen LogP contribution in [-0.2, 0) is 11.2 Å². The summed E-state index contributed by atoms with van der Waals surface area (Å²) >= 11 is 1.65. The first-order valence-corrected chi connectivity index (χ1v) is 7.64.